The maximum Gasteiger partial charge on any atom is 0.319 e. The lowest BCUT2D eigenvalue weighted by molar-refractivity contribution is -0.149. The predicted molar refractivity (Wildman–Crippen MR) is 65.8 cm³/mol. The Morgan fingerprint density at radius 3 is 2.67 bits per heavy atom. The van der Waals surface area contributed by atoms with Gasteiger partial charge in [-0.2, -0.15) is 0 Å². The Kier molecular flexibility index (Phi) is 3.11. The van der Waals surface area contributed by atoms with Gasteiger partial charge in [-0.3, -0.25) is 9.59 Å². The minimum absolute atomic E-state index is 0.186. The molecule has 18 heavy (non-hydrogen) atoms. The first-order valence-corrected chi connectivity index (χ1v) is 5.83. The van der Waals surface area contributed by atoms with Crippen LogP contribution in [0.2, 0.25) is 0 Å². The van der Waals surface area contributed by atoms with Crippen LogP contribution >= 0.6 is 0 Å². The molecule has 96 valence electrons. The van der Waals surface area contributed by atoms with Crippen LogP contribution in [0.4, 0.5) is 0 Å². The lowest BCUT2D eigenvalue weighted by atomic mass is 9.71. The summed E-state index contributed by atoms with van der Waals surface area (Å²) in [6.45, 7) is 1.64. The number of ether oxygens (including phenoxy) is 2. The number of benzene rings is 1. The summed E-state index contributed by atoms with van der Waals surface area (Å²) in [5, 5.41) is 0. The first kappa shape index (κ1) is 12.6. The van der Waals surface area contributed by atoms with Gasteiger partial charge in [-0.15, -0.1) is 0 Å². The van der Waals surface area contributed by atoms with Gasteiger partial charge in [0.2, 0.25) is 0 Å². The van der Waals surface area contributed by atoms with Gasteiger partial charge in [0.1, 0.15) is 11.2 Å². The van der Waals surface area contributed by atoms with Gasteiger partial charge in [0.05, 0.1) is 14.2 Å². The van der Waals surface area contributed by atoms with Crippen LogP contribution in [0.1, 0.15) is 29.3 Å². The highest BCUT2D eigenvalue weighted by molar-refractivity contribution is 6.14. The maximum absolute atomic E-state index is 12.5. The van der Waals surface area contributed by atoms with Crippen molar-refractivity contribution in [1.29, 1.82) is 0 Å². The number of hydrogen-bond donors (Lipinski definition) is 0. The third-order valence-corrected chi connectivity index (χ3v) is 3.61. The lowest BCUT2D eigenvalue weighted by Crippen LogP contribution is -2.41. The van der Waals surface area contributed by atoms with Crippen LogP contribution in [0.15, 0.2) is 18.2 Å². The van der Waals surface area contributed by atoms with Gasteiger partial charge < -0.3 is 9.47 Å². The van der Waals surface area contributed by atoms with Gasteiger partial charge in [0, 0.05) is 11.1 Å². The summed E-state index contributed by atoms with van der Waals surface area (Å²) in [7, 11) is 2.89. The topological polar surface area (TPSA) is 52.6 Å². The summed E-state index contributed by atoms with van der Waals surface area (Å²) in [5.74, 6) is 0.0447. The van der Waals surface area contributed by atoms with Crippen molar-refractivity contribution in [3.63, 3.8) is 0 Å². The van der Waals surface area contributed by atoms with E-state index in [0.717, 1.165) is 5.56 Å². The van der Waals surface area contributed by atoms with Crippen molar-refractivity contribution in [2.75, 3.05) is 14.2 Å². The highest BCUT2D eigenvalue weighted by Crippen LogP contribution is 2.39. The molecule has 1 unspecified atom stereocenters. The molecule has 1 atom stereocenters. The van der Waals surface area contributed by atoms with Gasteiger partial charge in [0.15, 0.2) is 5.78 Å². The number of hydrogen-bond acceptors (Lipinski definition) is 4. The molecule has 4 heteroatoms. The molecule has 0 saturated carbocycles. The number of fused-ring (bicyclic) bond motifs is 1. The normalized spacial score (nSPS) is 22.3. The predicted octanol–water partition coefficient (Wildman–Crippen LogP) is 2.00. The van der Waals surface area contributed by atoms with Crippen LogP contribution in [0, 0.1) is 5.41 Å². The molecule has 0 amide bonds. The van der Waals surface area contributed by atoms with E-state index in [1.54, 1.807) is 26.2 Å². The molecule has 0 aromatic heterocycles. The largest absolute Gasteiger partial charge is 0.496 e. The second-order valence-electron chi connectivity index (χ2n) is 4.64. The summed E-state index contributed by atoms with van der Waals surface area (Å²) >= 11 is 0. The van der Waals surface area contributed by atoms with Gasteiger partial charge in [-0.05, 0) is 25.8 Å². The van der Waals surface area contributed by atoms with E-state index in [4.69, 9.17) is 9.47 Å². The number of carbonyl (C=O) groups is 2. The fraction of sp³-hybridized carbons (Fsp3) is 0.429. The van der Waals surface area contributed by atoms with Crippen molar-refractivity contribution >= 4 is 11.8 Å². The fourth-order valence-corrected chi connectivity index (χ4v) is 2.43. The molecule has 1 aliphatic carbocycles. The van der Waals surface area contributed by atoms with Gasteiger partial charge in [0.25, 0.3) is 0 Å². The Balaban J connectivity index is 2.50. The molecular formula is C14H16O4. The van der Waals surface area contributed by atoms with E-state index >= 15 is 0 Å². The molecule has 2 rings (SSSR count). The van der Waals surface area contributed by atoms with Gasteiger partial charge in [-0.25, -0.2) is 0 Å². The monoisotopic (exact) mass is 248 g/mol. The van der Waals surface area contributed by atoms with Crippen LogP contribution in [0.5, 0.6) is 5.75 Å². The molecule has 0 saturated heterocycles. The maximum atomic E-state index is 12.5. The van der Waals surface area contributed by atoms with Crippen LogP contribution in [0.25, 0.3) is 0 Å². The zero-order chi connectivity index (χ0) is 13.3. The van der Waals surface area contributed by atoms with Gasteiger partial charge >= 0.3 is 5.97 Å². The van der Waals surface area contributed by atoms with Crippen molar-refractivity contribution in [3.8, 4) is 5.75 Å². The zero-order valence-corrected chi connectivity index (χ0v) is 10.8. The van der Waals surface area contributed by atoms with E-state index in [-0.39, 0.29) is 5.78 Å². The number of esters is 1. The third kappa shape index (κ3) is 1.68. The zero-order valence-electron chi connectivity index (χ0n) is 10.8. The van der Waals surface area contributed by atoms with Crippen LogP contribution in [-0.2, 0) is 16.0 Å². The number of ketones is 1. The molecule has 0 N–H and O–H groups in total. The molecule has 0 aliphatic heterocycles. The molecule has 0 fully saturated rings. The van der Waals surface area contributed by atoms with Crippen molar-refractivity contribution < 1.29 is 19.1 Å². The van der Waals surface area contributed by atoms with E-state index in [1.165, 1.54) is 7.11 Å². The second kappa shape index (κ2) is 4.44. The summed E-state index contributed by atoms with van der Waals surface area (Å²) in [5.41, 5.74) is 0.369. The van der Waals surface area contributed by atoms with E-state index in [2.05, 4.69) is 0 Å². The number of methoxy groups -OCH3 is 2. The van der Waals surface area contributed by atoms with Crippen molar-refractivity contribution in [3.05, 3.63) is 29.3 Å². The van der Waals surface area contributed by atoms with Gasteiger partial charge in [-0.1, -0.05) is 12.1 Å². The van der Waals surface area contributed by atoms with Crippen molar-refractivity contribution in [2.45, 2.75) is 19.8 Å². The first-order valence-electron chi connectivity index (χ1n) is 5.83. The standard InChI is InChI=1S/C14H16O4/c1-14(13(16)18-3)8-7-9-10(12(14)15)5-4-6-11(9)17-2/h4-6H,7-8H2,1-3H3. The lowest BCUT2D eigenvalue weighted by Gasteiger charge is -2.31. The average molecular weight is 248 g/mol. The quantitative estimate of drug-likeness (QED) is 0.593. The molecule has 1 aromatic carbocycles. The van der Waals surface area contributed by atoms with E-state index in [1.807, 2.05) is 6.07 Å². The second-order valence-corrected chi connectivity index (χ2v) is 4.64. The van der Waals surface area contributed by atoms with Crippen molar-refractivity contribution in [2.24, 2.45) is 5.41 Å². The highest BCUT2D eigenvalue weighted by Gasteiger charge is 2.46. The summed E-state index contributed by atoms with van der Waals surface area (Å²) in [6.07, 6.45) is 1.09. The Labute approximate surface area is 106 Å². The highest BCUT2D eigenvalue weighted by atomic mass is 16.5. The minimum atomic E-state index is -1.08. The van der Waals surface area contributed by atoms with Crippen LogP contribution in [0.3, 0.4) is 0 Å². The molecule has 4 nitrogen and oxygen atoms in total. The summed E-state index contributed by atoms with van der Waals surface area (Å²) in [6, 6.07) is 5.33. The van der Waals surface area contributed by atoms with Crippen LogP contribution < -0.4 is 4.74 Å². The fourth-order valence-electron chi connectivity index (χ4n) is 2.43. The molecule has 1 aliphatic rings. The molecule has 0 bridgehead atoms. The SMILES string of the molecule is COC(=O)C1(C)CCc2c(OC)cccc2C1=O. The Bertz CT molecular complexity index is 507. The molecule has 0 spiro atoms. The van der Waals surface area contributed by atoms with E-state index < -0.39 is 11.4 Å². The number of rotatable bonds is 2. The Morgan fingerprint density at radius 2 is 2.06 bits per heavy atom. The smallest absolute Gasteiger partial charge is 0.319 e. The number of Topliss-reactive ketones (excluding diaryl/α,β-unsaturated/α-hetero) is 1. The van der Waals surface area contributed by atoms with Crippen LogP contribution in [-0.4, -0.2) is 26.0 Å². The number of carbonyl (C=O) groups excluding carboxylic acids is 2. The minimum Gasteiger partial charge on any atom is -0.496 e. The molecular weight excluding hydrogens is 232 g/mol. The van der Waals surface area contributed by atoms with Crippen molar-refractivity contribution in [1.82, 2.24) is 0 Å². The van der Waals surface area contributed by atoms with E-state index in [0.29, 0.717) is 24.2 Å². The first-order chi connectivity index (χ1) is 8.54. The third-order valence-electron chi connectivity index (χ3n) is 3.61. The summed E-state index contributed by atoms with van der Waals surface area (Å²) in [4.78, 5) is 24.2. The molecule has 0 heterocycles. The molecule has 0 radical (unpaired) electrons. The average Bonchev–Trinajstić information content (AvgIpc) is 2.41. The molecule has 1 aromatic rings. The Morgan fingerprint density at radius 1 is 1.33 bits per heavy atom. The van der Waals surface area contributed by atoms with E-state index in [9.17, 15) is 9.59 Å². The Hall–Kier alpha value is -1.84. The summed E-state index contributed by atoms with van der Waals surface area (Å²) < 4.78 is 9.99.